The Hall–Kier alpha value is -0.510. The van der Waals surface area contributed by atoms with Crippen molar-refractivity contribution in [2.24, 2.45) is 4.99 Å². The van der Waals surface area contributed by atoms with Gasteiger partial charge in [0.05, 0.1) is 0 Å². The molecule has 1 saturated heterocycles. The summed E-state index contributed by atoms with van der Waals surface area (Å²) in [6.45, 7) is 4.32. The normalized spacial score (nSPS) is 22.0. The summed E-state index contributed by atoms with van der Waals surface area (Å²) in [5.74, 6) is 4.68. The molecule has 1 saturated carbocycles. The van der Waals surface area contributed by atoms with Crippen LogP contribution in [0.2, 0.25) is 0 Å². The van der Waals surface area contributed by atoms with E-state index >= 15 is 0 Å². The van der Waals surface area contributed by atoms with Gasteiger partial charge >= 0.3 is 0 Å². The smallest absolute Gasteiger partial charge is 0.193 e. The third-order valence-corrected chi connectivity index (χ3v) is 8.11. The van der Waals surface area contributed by atoms with Crippen LogP contribution in [0.15, 0.2) is 4.99 Å². The van der Waals surface area contributed by atoms with E-state index in [0.717, 1.165) is 51.4 Å². The first-order valence-corrected chi connectivity index (χ1v) is 12.3. The van der Waals surface area contributed by atoms with E-state index in [1.54, 1.807) is 0 Å². The monoisotopic (exact) mass is 532 g/mol. The van der Waals surface area contributed by atoms with Crippen LogP contribution < -0.4 is 5.32 Å². The first-order valence-electron chi connectivity index (χ1n) is 11.3. The maximum Gasteiger partial charge on any atom is 0.193 e. The summed E-state index contributed by atoms with van der Waals surface area (Å²) >= 11 is 2.22. The number of thioether (sulfide) groups is 1. The van der Waals surface area contributed by atoms with E-state index in [4.69, 9.17) is 0 Å². The molecule has 0 bridgehead atoms. The van der Waals surface area contributed by atoms with E-state index in [2.05, 4.69) is 41.7 Å². The van der Waals surface area contributed by atoms with E-state index in [1.807, 2.05) is 7.05 Å². The summed E-state index contributed by atoms with van der Waals surface area (Å²) < 4.78 is 2.85. The molecule has 6 nitrogen and oxygen atoms in total. The predicted octanol–water partition coefficient (Wildman–Crippen LogP) is 3.88. The summed E-state index contributed by atoms with van der Waals surface area (Å²) in [4.78, 5) is 7.10. The molecule has 8 heteroatoms. The van der Waals surface area contributed by atoms with Crippen LogP contribution in [-0.2, 0) is 19.4 Å². The van der Waals surface area contributed by atoms with Crippen molar-refractivity contribution >= 4 is 41.7 Å². The number of aromatic nitrogens is 3. The molecule has 4 rings (SSSR count). The largest absolute Gasteiger partial charge is 0.356 e. The molecule has 29 heavy (non-hydrogen) atoms. The number of hydrogen-bond donors (Lipinski definition) is 1. The standard InChI is InChI=1S/C21H36N6S.HI/c1-22-20(26-15-16-28-21(17-26)11-5-3-6-12-21)23-13-8-10-19-25-24-18-9-4-2-7-14-27(18)19;/h2-17H2,1H3,(H,22,23);1H. The van der Waals surface area contributed by atoms with E-state index in [0.29, 0.717) is 4.75 Å². The fourth-order valence-electron chi connectivity index (χ4n) is 5.03. The Morgan fingerprint density at radius 1 is 1.10 bits per heavy atom. The first-order chi connectivity index (χ1) is 13.8. The van der Waals surface area contributed by atoms with Crippen molar-refractivity contribution in [2.45, 2.75) is 81.9 Å². The van der Waals surface area contributed by atoms with Crippen LogP contribution >= 0.6 is 35.7 Å². The van der Waals surface area contributed by atoms with Gasteiger partial charge in [-0.15, -0.1) is 34.2 Å². The van der Waals surface area contributed by atoms with Crippen LogP contribution in [0, 0.1) is 0 Å². The molecule has 2 aliphatic heterocycles. The molecule has 1 aromatic heterocycles. The zero-order valence-corrected chi connectivity index (χ0v) is 21.0. The van der Waals surface area contributed by atoms with Gasteiger partial charge in [-0.1, -0.05) is 25.7 Å². The third-order valence-electron chi connectivity index (χ3n) is 6.57. The molecule has 1 aromatic rings. The summed E-state index contributed by atoms with van der Waals surface area (Å²) in [5.41, 5.74) is 0. The second-order valence-corrected chi connectivity index (χ2v) is 10.1. The van der Waals surface area contributed by atoms with E-state index in [1.165, 1.54) is 68.8 Å². The Bertz CT molecular complexity index is 665. The van der Waals surface area contributed by atoms with Crippen molar-refractivity contribution in [2.75, 3.05) is 32.4 Å². The van der Waals surface area contributed by atoms with Crippen molar-refractivity contribution in [3.8, 4) is 0 Å². The number of aliphatic imine (C=N–C) groups is 1. The molecule has 1 spiro atoms. The van der Waals surface area contributed by atoms with Gasteiger partial charge in [-0.25, -0.2) is 0 Å². The first kappa shape index (κ1) is 23.2. The third kappa shape index (κ3) is 5.80. The van der Waals surface area contributed by atoms with E-state index in [9.17, 15) is 0 Å². The molecule has 0 radical (unpaired) electrons. The zero-order chi connectivity index (χ0) is 19.2. The van der Waals surface area contributed by atoms with Crippen LogP contribution in [0.5, 0.6) is 0 Å². The van der Waals surface area contributed by atoms with Crippen molar-refractivity contribution in [3.05, 3.63) is 11.6 Å². The van der Waals surface area contributed by atoms with Gasteiger partial charge in [-0.3, -0.25) is 4.99 Å². The van der Waals surface area contributed by atoms with Gasteiger partial charge in [0.15, 0.2) is 5.96 Å². The highest BCUT2D eigenvalue weighted by Gasteiger charge is 2.38. The maximum absolute atomic E-state index is 4.60. The molecule has 1 N–H and O–H groups in total. The van der Waals surface area contributed by atoms with Crippen LogP contribution in [0.4, 0.5) is 0 Å². The zero-order valence-electron chi connectivity index (χ0n) is 17.9. The Kier molecular flexibility index (Phi) is 8.95. The number of hydrogen-bond acceptors (Lipinski definition) is 4. The van der Waals surface area contributed by atoms with Crippen molar-refractivity contribution in [1.82, 2.24) is 25.0 Å². The number of fused-ring (bicyclic) bond motifs is 1. The number of halogens is 1. The minimum absolute atomic E-state index is 0. The van der Waals surface area contributed by atoms with Gasteiger partial charge in [0.1, 0.15) is 11.6 Å². The highest BCUT2D eigenvalue weighted by Crippen LogP contribution is 2.42. The maximum atomic E-state index is 4.60. The molecule has 0 amide bonds. The Balaban J connectivity index is 0.00000240. The fourth-order valence-corrected chi connectivity index (χ4v) is 6.60. The highest BCUT2D eigenvalue weighted by atomic mass is 127. The second-order valence-electron chi connectivity index (χ2n) is 8.59. The quantitative estimate of drug-likeness (QED) is 0.276. The summed E-state index contributed by atoms with van der Waals surface area (Å²) in [5, 5.41) is 12.5. The summed E-state index contributed by atoms with van der Waals surface area (Å²) in [6.07, 6.45) is 14.0. The van der Waals surface area contributed by atoms with Crippen LogP contribution in [-0.4, -0.2) is 62.8 Å². The second kappa shape index (κ2) is 11.2. The van der Waals surface area contributed by atoms with Crippen LogP contribution in [0.3, 0.4) is 0 Å². The van der Waals surface area contributed by atoms with Crippen LogP contribution in [0.25, 0.3) is 0 Å². The average molecular weight is 533 g/mol. The Morgan fingerprint density at radius 2 is 1.93 bits per heavy atom. The minimum atomic E-state index is 0. The van der Waals surface area contributed by atoms with Gasteiger partial charge in [0, 0.05) is 56.6 Å². The molecule has 164 valence electrons. The SMILES string of the molecule is CN=C(NCCCc1nnc2n1CCCCC2)N1CCSC2(CCCCC2)C1.I. The number of rotatable bonds is 4. The van der Waals surface area contributed by atoms with Gasteiger partial charge < -0.3 is 14.8 Å². The molecule has 0 aromatic carbocycles. The van der Waals surface area contributed by atoms with Crippen molar-refractivity contribution < 1.29 is 0 Å². The topological polar surface area (TPSA) is 58.3 Å². The minimum Gasteiger partial charge on any atom is -0.356 e. The fraction of sp³-hybridized carbons (Fsp3) is 0.857. The predicted molar refractivity (Wildman–Crippen MR) is 133 cm³/mol. The Morgan fingerprint density at radius 3 is 2.76 bits per heavy atom. The van der Waals surface area contributed by atoms with Crippen LogP contribution in [0.1, 0.15) is 69.4 Å². The molecule has 1 aliphatic carbocycles. The summed E-state index contributed by atoms with van der Waals surface area (Å²) in [7, 11) is 1.93. The molecule has 3 heterocycles. The summed E-state index contributed by atoms with van der Waals surface area (Å²) in [6, 6.07) is 0. The molecule has 3 aliphatic rings. The lowest BCUT2D eigenvalue weighted by Gasteiger charge is -2.45. The Labute approximate surface area is 197 Å². The number of aryl methyl sites for hydroxylation is 2. The number of nitrogens with one attached hydrogen (secondary N) is 1. The van der Waals surface area contributed by atoms with Crippen molar-refractivity contribution in [1.29, 1.82) is 0 Å². The molecular formula is C21H37IN6S. The van der Waals surface area contributed by atoms with Gasteiger partial charge in [0.2, 0.25) is 0 Å². The van der Waals surface area contributed by atoms with Crippen molar-refractivity contribution in [3.63, 3.8) is 0 Å². The van der Waals surface area contributed by atoms with E-state index < -0.39 is 0 Å². The lowest BCUT2D eigenvalue weighted by atomic mass is 9.87. The lowest BCUT2D eigenvalue weighted by molar-refractivity contribution is 0.293. The highest BCUT2D eigenvalue weighted by molar-refractivity contribution is 14.0. The number of nitrogens with zero attached hydrogens (tertiary/aromatic N) is 5. The molecule has 0 unspecified atom stereocenters. The van der Waals surface area contributed by atoms with Gasteiger partial charge in [0.25, 0.3) is 0 Å². The van der Waals surface area contributed by atoms with Gasteiger partial charge in [-0.05, 0) is 32.1 Å². The molecule has 2 fully saturated rings. The van der Waals surface area contributed by atoms with E-state index in [-0.39, 0.29) is 24.0 Å². The lowest BCUT2D eigenvalue weighted by Crippen LogP contribution is -2.53. The molecule has 0 atom stereocenters. The number of guanidine groups is 1. The average Bonchev–Trinajstić information content (AvgIpc) is 2.95. The van der Waals surface area contributed by atoms with Gasteiger partial charge in [-0.2, -0.15) is 11.8 Å². The molecular weight excluding hydrogens is 495 g/mol.